The lowest BCUT2D eigenvalue weighted by molar-refractivity contribution is -0.113. The van der Waals surface area contributed by atoms with Gasteiger partial charge in [0.2, 0.25) is 0 Å². The number of alkyl halides is 2. The average molecular weight is 654 g/mol. The number of aromatic nitrogens is 2. The lowest BCUT2D eigenvalue weighted by Gasteiger charge is -2.37. The number of piperazine rings is 1. The number of nitrogens with one attached hydrogen (secondary N) is 1. The summed E-state index contributed by atoms with van der Waals surface area (Å²) in [4.78, 5) is 13.3. The van der Waals surface area contributed by atoms with Crippen LogP contribution in [0.25, 0.3) is 32.1 Å². The fraction of sp³-hybridized carbons (Fsp3) is 0.469. The van der Waals surface area contributed by atoms with E-state index in [0.717, 1.165) is 24.2 Å². The first kappa shape index (κ1) is 29.6. The molecule has 3 unspecified atom stereocenters. The molecule has 3 atom stereocenters. The molecule has 0 amide bonds. The number of nitrogen functional groups attached to an aromatic ring is 1. The van der Waals surface area contributed by atoms with Gasteiger partial charge in [-0.3, -0.25) is 0 Å². The molecular formula is C32H31F4N7O2S. The number of nitrogens with zero attached hydrogens (tertiary/aromatic N) is 5. The van der Waals surface area contributed by atoms with Crippen molar-refractivity contribution in [1.29, 1.82) is 5.26 Å². The smallest absolute Gasteiger partial charge is 0.319 e. The number of piperidine rings is 1. The monoisotopic (exact) mass is 653 g/mol. The van der Waals surface area contributed by atoms with Crippen LogP contribution in [0.1, 0.15) is 36.0 Å². The summed E-state index contributed by atoms with van der Waals surface area (Å²) >= 11 is 1.13. The van der Waals surface area contributed by atoms with Crippen LogP contribution < -0.4 is 20.7 Å². The average Bonchev–Trinajstić information content (AvgIpc) is 3.71. The first-order chi connectivity index (χ1) is 22.2. The first-order valence-electron chi connectivity index (χ1n) is 15.4. The van der Waals surface area contributed by atoms with Gasteiger partial charge in [-0.25, -0.2) is 17.6 Å². The highest BCUT2D eigenvalue weighted by Crippen LogP contribution is 2.49. The van der Waals surface area contributed by atoms with Crippen LogP contribution in [0, 0.1) is 28.9 Å². The predicted molar refractivity (Wildman–Crippen MR) is 166 cm³/mol. The van der Waals surface area contributed by atoms with Crippen molar-refractivity contribution in [3.05, 3.63) is 40.5 Å². The van der Waals surface area contributed by atoms with Crippen molar-refractivity contribution < 1.29 is 27.0 Å². The van der Waals surface area contributed by atoms with Crippen LogP contribution >= 0.6 is 11.3 Å². The Morgan fingerprint density at radius 1 is 1.13 bits per heavy atom. The lowest BCUT2D eigenvalue weighted by atomic mass is 9.90. The fourth-order valence-electron chi connectivity index (χ4n) is 7.66. The zero-order chi connectivity index (χ0) is 31.9. The number of halogens is 4. The Hall–Kier alpha value is -3.77. The molecule has 3 saturated heterocycles. The standard InChI is InChI=1S/C32H31F4N7O2S/c1-42-7-6-32(35,36)15(11-42)12-45-31-40-28-25(30(41-31)43-16-2-3-17(43)10-39-9-16)20-14-44-13-19(20)24(27(28)34)26-21(33)4-5-22-23(26)18(8-37)29(38)46-22/h4-5,15-17,39H,2-3,6-7,9-14,38H2,1H3. The number of likely N-dealkylation sites (tertiary alicyclic amines) is 1. The van der Waals surface area contributed by atoms with E-state index in [1.165, 1.54) is 12.1 Å². The Morgan fingerprint density at radius 3 is 2.65 bits per heavy atom. The summed E-state index contributed by atoms with van der Waals surface area (Å²) < 4.78 is 75.1. The molecular weight excluding hydrogens is 622 g/mol. The quantitative estimate of drug-likeness (QED) is 0.282. The van der Waals surface area contributed by atoms with Gasteiger partial charge in [0.25, 0.3) is 5.92 Å². The summed E-state index contributed by atoms with van der Waals surface area (Å²) in [5.41, 5.74) is 7.04. The predicted octanol–water partition coefficient (Wildman–Crippen LogP) is 5.18. The number of ether oxygens (including phenoxy) is 2. The number of benzene rings is 2. The maximum atomic E-state index is 17.2. The Kier molecular flexibility index (Phi) is 7.02. The van der Waals surface area contributed by atoms with Gasteiger partial charge < -0.3 is 30.3 Å². The van der Waals surface area contributed by atoms with E-state index in [0.29, 0.717) is 40.1 Å². The van der Waals surface area contributed by atoms with E-state index in [-0.39, 0.29) is 90.0 Å². The SMILES string of the molecule is CN1CCC(F)(F)C(COc2nc(N3C4CCC3CNC4)c3c4c(c(-c5c(F)ccc6sc(N)c(C#N)c56)c(F)c3n2)COC4)C1. The van der Waals surface area contributed by atoms with E-state index in [2.05, 4.69) is 21.3 Å². The fourth-order valence-corrected chi connectivity index (χ4v) is 8.59. The summed E-state index contributed by atoms with van der Waals surface area (Å²) in [6, 6.07) is 4.77. The number of anilines is 2. The van der Waals surface area contributed by atoms with Gasteiger partial charge in [-0.05, 0) is 43.1 Å². The van der Waals surface area contributed by atoms with Crippen molar-refractivity contribution >= 4 is 43.1 Å². The van der Waals surface area contributed by atoms with Crippen LogP contribution in [-0.2, 0) is 18.0 Å². The van der Waals surface area contributed by atoms with Crippen LogP contribution in [0.5, 0.6) is 6.01 Å². The Balaban J connectivity index is 1.36. The number of thiophene rings is 1. The normalized spacial score (nSPS) is 24.1. The van der Waals surface area contributed by atoms with Crippen molar-refractivity contribution in [2.45, 2.75) is 50.5 Å². The highest BCUT2D eigenvalue weighted by molar-refractivity contribution is 7.23. The molecule has 46 heavy (non-hydrogen) atoms. The highest BCUT2D eigenvalue weighted by Gasteiger charge is 2.44. The molecule has 0 radical (unpaired) electrons. The molecule has 240 valence electrons. The van der Waals surface area contributed by atoms with Crippen molar-refractivity contribution in [2.75, 3.05) is 50.5 Å². The van der Waals surface area contributed by atoms with Crippen molar-refractivity contribution in [2.24, 2.45) is 5.92 Å². The largest absolute Gasteiger partial charge is 0.463 e. The molecule has 4 aliphatic rings. The van der Waals surface area contributed by atoms with Gasteiger partial charge in [-0.2, -0.15) is 15.2 Å². The summed E-state index contributed by atoms with van der Waals surface area (Å²) in [5, 5.41) is 14.2. The van der Waals surface area contributed by atoms with E-state index in [1.807, 2.05) is 4.90 Å². The Morgan fingerprint density at radius 2 is 1.89 bits per heavy atom. The molecule has 3 fully saturated rings. The van der Waals surface area contributed by atoms with E-state index >= 15 is 8.78 Å². The van der Waals surface area contributed by atoms with Gasteiger partial charge in [0.15, 0.2) is 5.82 Å². The second-order valence-electron chi connectivity index (χ2n) is 12.7. The number of hydrogen-bond acceptors (Lipinski definition) is 10. The molecule has 2 bridgehead atoms. The van der Waals surface area contributed by atoms with Gasteiger partial charge in [0.05, 0.1) is 30.1 Å². The number of rotatable bonds is 5. The molecule has 0 saturated carbocycles. The van der Waals surface area contributed by atoms with E-state index < -0.39 is 23.5 Å². The second-order valence-corrected chi connectivity index (χ2v) is 13.8. The molecule has 0 spiro atoms. The van der Waals surface area contributed by atoms with Crippen LogP contribution in [0.4, 0.5) is 28.4 Å². The van der Waals surface area contributed by atoms with E-state index in [1.54, 1.807) is 7.05 Å². The van der Waals surface area contributed by atoms with Gasteiger partial charge in [0, 0.05) is 65.9 Å². The van der Waals surface area contributed by atoms with E-state index in [9.17, 15) is 14.0 Å². The third-order valence-electron chi connectivity index (χ3n) is 9.95. The van der Waals surface area contributed by atoms with Crippen molar-refractivity contribution in [3.63, 3.8) is 0 Å². The maximum Gasteiger partial charge on any atom is 0.319 e. The second kappa shape index (κ2) is 10.9. The minimum Gasteiger partial charge on any atom is -0.463 e. The third-order valence-corrected chi connectivity index (χ3v) is 10.9. The molecule has 0 aliphatic carbocycles. The topological polar surface area (TPSA) is 113 Å². The number of nitriles is 1. The summed E-state index contributed by atoms with van der Waals surface area (Å²) in [6.07, 6.45) is 1.52. The molecule has 4 aliphatic heterocycles. The molecule has 14 heteroatoms. The van der Waals surface area contributed by atoms with Crippen molar-refractivity contribution in [1.82, 2.24) is 20.2 Å². The Bertz CT molecular complexity index is 1930. The third kappa shape index (κ3) is 4.51. The Labute approximate surface area is 265 Å². The highest BCUT2D eigenvalue weighted by atomic mass is 32.1. The van der Waals surface area contributed by atoms with E-state index in [4.69, 9.17) is 20.2 Å². The number of nitrogens with two attached hydrogens (primary N) is 1. The zero-order valence-electron chi connectivity index (χ0n) is 25.0. The summed E-state index contributed by atoms with van der Waals surface area (Å²) in [6.45, 7) is 1.61. The molecule has 4 aromatic rings. The number of hydrogen-bond donors (Lipinski definition) is 2. The van der Waals surface area contributed by atoms with Gasteiger partial charge in [-0.15, -0.1) is 11.3 Å². The van der Waals surface area contributed by atoms with Crippen LogP contribution in [0.3, 0.4) is 0 Å². The maximum absolute atomic E-state index is 17.2. The zero-order valence-corrected chi connectivity index (χ0v) is 25.8. The van der Waals surface area contributed by atoms with Gasteiger partial charge >= 0.3 is 6.01 Å². The molecule has 8 rings (SSSR count). The molecule has 6 heterocycles. The van der Waals surface area contributed by atoms with Gasteiger partial charge in [-0.1, -0.05) is 0 Å². The lowest BCUT2D eigenvalue weighted by Crippen LogP contribution is -2.52. The van der Waals surface area contributed by atoms with Crippen LogP contribution in [0.15, 0.2) is 12.1 Å². The van der Waals surface area contributed by atoms with Crippen LogP contribution in [-0.4, -0.2) is 72.7 Å². The minimum absolute atomic E-state index is 0.0191. The van der Waals surface area contributed by atoms with Crippen LogP contribution in [0.2, 0.25) is 0 Å². The van der Waals surface area contributed by atoms with Crippen molar-refractivity contribution in [3.8, 4) is 23.2 Å². The molecule has 3 N–H and O–H groups in total. The first-order valence-corrected chi connectivity index (χ1v) is 16.2. The van der Waals surface area contributed by atoms with Gasteiger partial charge in [0.1, 0.15) is 34.8 Å². The number of fused-ring (bicyclic) bond motifs is 6. The molecule has 2 aromatic heterocycles. The summed E-state index contributed by atoms with van der Waals surface area (Å²) in [5.74, 6) is -5.11. The minimum atomic E-state index is -2.93. The summed E-state index contributed by atoms with van der Waals surface area (Å²) in [7, 11) is 1.78. The molecule has 2 aromatic carbocycles. The molecule has 9 nitrogen and oxygen atoms in total.